The summed E-state index contributed by atoms with van der Waals surface area (Å²) < 4.78 is 0. The van der Waals surface area contributed by atoms with Crippen LogP contribution < -0.4 is 5.73 Å². The number of nitrogen functional groups attached to an aromatic ring is 1. The fourth-order valence-corrected chi connectivity index (χ4v) is 2.50. The number of nitrogens with zero attached hydrogens (tertiary/aromatic N) is 2. The molecule has 17 heavy (non-hydrogen) atoms. The smallest absolute Gasteiger partial charge is 0.142 e. The molecular weight excluding hydrogens is 212 g/mol. The Hall–Kier alpha value is -2.28. The van der Waals surface area contributed by atoms with Crippen LogP contribution in [-0.2, 0) is 12.8 Å². The van der Waals surface area contributed by atoms with Gasteiger partial charge in [-0.25, -0.2) is 4.98 Å². The monoisotopic (exact) mass is 224 g/mol. The second kappa shape index (κ2) is 3.63. The molecule has 2 aromatic heterocycles. The van der Waals surface area contributed by atoms with Crippen LogP contribution in [0.4, 0.5) is 5.82 Å². The quantitative estimate of drug-likeness (QED) is 0.777. The van der Waals surface area contributed by atoms with Crippen molar-refractivity contribution >= 4 is 5.82 Å². The molecule has 0 bridgehead atoms. The first-order chi connectivity index (χ1) is 8.31. The average molecular weight is 224 g/mol. The molecule has 4 heteroatoms. The first-order valence-corrected chi connectivity index (χ1v) is 5.66. The minimum absolute atomic E-state index is 0.345. The Morgan fingerprint density at radius 2 is 2.29 bits per heavy atom. The van der Waals surface area contributed by atoms with Crippen LogP contribution in [0, 0.1) is 11.3 Å². The van der Waals surface area contributed by atoms with Crippen molar-refractivity contribution in [3.05, 3.63) is 35.2 Å². The van der Waals surface area contributed by atoms with Gasteiger partial charge in [0.05, 0.1) is 0 Å². The van der Waals surface area contributed by atoms with Gasteiger partial charge in [-0.15, -0.1) is 0 Å². The van der Waals surface area contributed by atoms with Crippen LogP contribution >= 0.6 is 0 Å². The summed E-state index contributed by atoms with van der Waals surface area (Å²) >= 11 is 0. The Kier molecular flexibility index (Phi) is 2.12. The van der Waals surface area contributed by atoms with Gasteiger partial charge in [-0.2, -0.15) is 5.26 Å². The van der Waals surface area contributed by atoms with E-state index in [0.717, 1.165) is 36.2 Å². The van der Waals surface area contributed by atoms with Crippen LogP contribution in [0.25, 0.3) is 11.3 Å². The summed E-state index contributed by atoms with van der Waals surface area (Å²) in [4.78, 5) is 7.49. The molecule has 84 valence electrons. The van der Waals surface area contributed by atoms with E-state index >= 15 is 0 Å². The van der Waals surface area contributed by atoms with Crippen molar-refractivity contribution in [2.75, 3.05) is 5.73 Å². The van der Waals surface area contributed by atoms with Gasteiger partial charge in [-0.05, 0) is 37.0 Å². The molecule has 2 aromatic rings. The molecule has 2 heterocycles. The maximum absolute atomic E-state index is 9.25. The molecule has 3 N–H and O–H groups in total. The van der Waals surface area contributed by atoms with E-state index in [0.29, 0.717) is 11.4 Å². The SMILES string of the molecule is N#Cc1c(N)nc2c(c1-c1ccc[nH]1)CCC2. The number of anilines is 1. The fourth-order valence-electron chi connectivity index (χ4n) is 2.50. The number of pyridine rings is 1. The lowest BCUT2D eigenvalue weighted by Crippen LogP contribution is -2.03. The first kappa shape index (κ1) is 9.91. The highest BCUT2D eigenvalue weighted by molar-refractivity contribution is 5.77. The maximum atomic E-state index is 9.25. The number of nitrogens with two attached hydrogens (primary N) is 1. The number of aromatic amines is 1. The van der Waals surface area contributed by atoms with Crippen molar-refractivity contribution < 1.29 is 0 Å². The van der Waals surface area contributed by atoms with Gasteiger partial charge in [0.2, 0.25) is 0 Å². The van der Waals surface area contributed by atoms with E-state index in [1.807, 2.05) is 18.3 Å². The minimum Gasteiger partial charge on any atom is -0.383 e. The van der Waals surface area contributed by atoms with E-state index in [1.54, 1.807) is 0 Å². The lowest BCUT2D eigenvalue weighted by molar-refractivity contribution is 0.900. The van der Waals surface area contributed by atoms with Crippen molar-refractivity contribution in [3.8, 4) is 17.3 Å². The van der Waals surface area contributed by atoms with Gasteiger partial charge in [0, 0.05) is 23.1 Å². The Morgan fingerprint density at radius 1 is 1.41 bits per heavy atom. The van der Waals surface area contributed by atoms with Crippen LogP contribution in [0.3, 0.4) is 0 Å². The molecule has 0 spiro atoms. The number of hydrogen-bond acceptors (Lipinski definition) is 3. The molecule has 0 atom stereocenters. The van der Waals surface area contributed by atoms with E-state index < -0.39 is 0 Å². The lowest BCUT2D eigenvalue weighted by Gasteiger charge is -2.10. The highest BCUT2D eigenvalue weighted by atomic mass is 14.9. The van der Waals surface area contributed by atoms with Crippen LogP contribution in [0.15, 0.2) is 18.3 Å². The van der Waals surface area contributed by atoms with Crippen LogP contribution in [0.1, 0.15) is 23.2 Å². The van der Waals surface area contributed by atoms with Crippen LogP contribution in [0.5, 0.6) is 0 Å². The van der Waals surface area contributed by atoms with E-state index in [4.69, 9.17) is 5.73 Å². The largest absolute Gasteiger partial charge is 0.383 e. The Morgan fingerprint density at radius 3 is 3.00 bits per heavy atom. The zero-order chi connectivity index (χ0) is 11.8. The van der Waals surface area contributed by atoms with Gasteiger partial charge in [-0.1, -0.05) is 0 Å². The summed E-state index contributed by atoms with van der Waals surface area (Å²) in [7, 11) is 0. The lowest BCUT2D eigenvalue weighted by atomic mass is 9.99. The molecule has 0 radical (unpaired) electrons. The minimum atomic E-state index is 0.345. The topological polar surface area (TPSA) is 78.5 Å². The summed E-state index contributed by atoms with van der Waals surface area (Å²) in [6, 6.07) is 6.07. The third-order valence-electron chi connectivity index (χ3n) is 3.23. The number of hydrogen-bond donors (Lipinski definition) is 2. The third-order valence-corrected chi connectivity index (χ3v) is 3.23. The second-order valence-electron chi connectivity index (χ2n) is 4.22. The van der Waals surface area contributed by atoms with Crippen LogP contribution in [-0.4, -0.2) is 9.97 Å². The molecule has 0 aromatic carbocycles. The molecule has 3 rings (SSSR count). The average Bonchev–Trinajstić information content (AvgIpc) is 2.97. The van der Waals surface area contributed by atoms with Crippen LogP contribution in [0.2, 0.25) is 0 Å². The molecule has 1 aliphatic carbocycles. The molecule has 0 unspecified atom stereocenters. The number of fused-ring (bicyclic) bond motifs is 1. The van der Waals surface area contributed by atoms with Crippen molar-refractivity contribution in [2.24, 2.45) is 0 Å². The molecule has 0 aliphatic heterocycles. The summed E-state index contributed by atoms with van der Waals surface area (Å²) in [6.45, 7) is 0. The number of aryl methyl sites for hydroxylation is 1. The standard InChI is InChI=1S/C13H12N4/c14-7-9-12(11-5-2-6-16-11)8-3-1-4-10(8)17-13(9)15/h2,5-6,16H,1,3-4H2,(H2,15,17). The van der Waals surface area contributed by atoms with Gasteiger partial charge < -0.3 is 10.7 Å². The summed E-state index contributed by atoms with van der Waals surface area (Å²) in [6.07, 6.45) is 4.88. The molecular formula is C13H12N4. The molecule has 0 amide bonds. The number of H-pyrrole nitrogens is 1. The second-order valence-corrected chi connectivity index (χ2v) is 4.22. The summed E-state index contributed by atoms with van der Waals surface area (Å²) in [5, 5.41) is 9.25. The summed E-state index contributed by atoms with van der Waals surface area (Å²) in [5.74, 6) is 0.345. The third kappa shape index (κ3) is 1.40. The molecule has 4 nitrogen and oxygen atoms in total. The highest BCUT2D eigenvalue weighted by Gasteiger charge is 2.23. The Labute approximate surface area is 99.1 Å². The molecule has 0 saturated heterocycles. The van der Waals surface area contributed by atoms with E-state index in [9.17, 15) is 5.26 Å². The Bertz CT molecular complexity index is 605. The van der Waals surface area contributed by atoms with E-state index in [2.05, 4.69) is 16.0 Å². The van der Waals surface area contributed by atoms with Gasteiger partial charge in [0.25, 0.3) is 0 Å². The molecule has 0 fully saturated rings. The summed E-state index contributed by atoms with van der Waals surface area (Å²) in [5.41, 5.74) is 10.5. The zero-order valence-corrected chi connectivity index (χ0v) is 9.33. The van der Waals surface area contributed by atoms with Crippen molar-refractivity contribution in [1.82, 2.24) is 9.97 Å². The van der Waals surface area contributed by atoms with Gasteiger partial charge >= 0.3 is 0 Å². The van der Waals surface area contributed by atoms with Crippen molar-refractivity contribution in [3.63, 3.8) is 0 Å². The van der Waals surface area contributed by atoms with Crippen molar-refractivity contribution in [1.29, 1.82) is 5.26 Å². The van der Waals surface area contributed by atoms with E-state index in [1.165, 1.54) is 5.56 Å². The predicted octanol–water partition coefficient (Wildman–Crippen LogP) is 2.02. The van der Waals surface area contributed by atoms with Gasteiger partial charge in [-0.3, -0.25) is 0 Å². The number of aromatic nitrogens is 2. The van der Waals surface area contributed by atoms with Gasteiger partial charge in [0.1, 0.15) is 17.5 Å². The van der Waals surface area contributed by atoms with E-state index in [-0.39, 0.29) is 0 Å². The Balaban J connectivity index is 2.35. The maximum Gasteiger partial charge on any atom is 0.142 e. The number of rotatable bonds is 1. The fraction of sp³-hybridized carbons (Fsp3) is 0.231. The normalized spacial score (nSPS) is 13.4. The number of nitrogens with one attached hydrogen (secondary N) is 1. The predicted molar refractivity (Wildman–Crippen MR) is 65.2 cm³/mol. The number of nitriles is 1. The zero-order valence-electron chi connectivity index (χ0n) is 9.33. The van der Waals surface area contributed by atoms with Gasteiger partial charge in [0.15, 0.2) is 0 Å². The molecule has 1 aliphatic rings. The highest BCUT2D eigenvalue weighted by Crippen LogP contribution is 2.35. The first-order valence-electron chi connectivity index (χ1n) is 5.66. The van der Waals surface area contributed by atoms with Crippen molar-refractivity contribution in [2.45, 2.75) is 19.3 Å². The molecule has 0 saturated carbocycles.